The minimum absolute atomic E-state index is 0.0206. The van der Waals surface area contributed by atoms with E-state index in [4.69, 9.17) is 14.2 Å². The van der Waals surface area contributed by atoms with Gasteiger partial charge in [-0.15, -0.1) is 6.58 Å². The Balaban J connectivity index is 1.44. The maximum Gasteiger partial charge on any atom is 0.408 e. The molecule has 0 bridgehead atoms. The molecule has 1 aromatic carbocycles. The van der Waals surface area contributed by atoms with Crippen molar-refractivity contribution < 1.29 is 41.8 Å². The smallest absolute Gasteiger partial charge is 0.408 e. The van der Waals surface area contributed by atoms with Crippen LogP contribution in [0.15, 0.2) is 43.1 Å². The van der Waals surface area contributed by atoms with Crippen molar-refractivity contribution in [3.8, 4) is 11.6 Å². The van der Waals surface area contributed by atoms with Crippen LogP contribution in [0.4, 0.5) is 4.79 Å². The second kappa shape index (κ2) is 14.0. The van der Waals surface area contributed by atoms with Gasteiger partial charge in [-0.05, 0) is 74.6 Å². The van der Waals surface area contributed by atoms with E-state index < -0.39 is 79.7 Å². The van der Waals surface area contributed by atoms with Crippen molar-refractivity contribution in [2.24, 2.45) is 11.3 Å². The summed E-state index contributed by atoms with van der Waals surface area (Å²) in [5.74, 6) is -1.65. The Hall–Kier alpha value is -4.40. The molecule has 1 aromatic heterocycles. The van der Waals surface area contributed by atoms with Gasteiger partial charge in [0.15, 0.2) is 0 Å². The summed E-state index contributed by atoms with van der Waals surface area (Å²) in [5.41, 5.74) is -3.15. The Labute approximate surface area is 299 Å². The van der Waals surface area contributed by atoms with E-state index in [-0.39, 0.29) is 19.4 Å². The maximum absolute atomic E-state index is 14.5. The number of carbonyl (C=O) groups is 4. The first-order valence-corrected chi connectivity index (χ1v) is 18.8. The van der Waals surface area contributed by atoms with E-state index in [9.17, 15) is 27.6 Å². The molecular formula is C36H49N5O9S. The van der Waals surface area contributed by atoms with Gasteiger partial charge < -0.3 is 29.7 Å². The van der Waals surface area contributed by atoms with Gasteiger partial charge >= 0.3 is 6.09 Å². The van der Waals surface area contributed by atoms with Gasteiger partial charge in [-0.2, -0.15) is 0 Å². The highest BCUT2D eigenvalue weighted by Gasteiger charge is 2.62. The van der Waals surface area contributed by atoms with E-state index in [2.05, 4.69) is 26.9 Å². The van der Waals surface area contributed by atoms with Crippen molar-refractivity contribution in [3.05, 3.63) is 43.1 Å². The van der Waals surface area contributed by atoms with Crippen molar-refractivity contribution in [1.29, 1.82) is 0 Å². The highest BCUT2D eigenvalue weighted by Crippen LogP contribution is 2.45. The molecule has 2 aliphatic carbocycles. The standard InChI is InChI=1S/C36H49N5O9S/c1-9-22-19-36(22,32(44)40-51(46,47)25-12-13-25)39-29(42)27-18-24(49-30-26-14-11-23(48-8)17-21(26)15-16-37-30)20-41(27)31(43)28(34(3,4)5)38-33(45)50-35(6,7)10-2/h9,11,14-17,22,24-25,27-28H,1,10,12-13,18-20H2,2-8H3,(H,38,45)(H,39,42)(H,40,44)/t22-,24-,27+,28-,36-/m1/s1. The van der Waals surface area contributed by atoms with E-state index in [1.54, 1.807) is 54.0 Å². The molecule has 5 atom stereocenters. The number of nitrogens with one attached hydrogen (secondary N) is 3. The summed E-state index contributed by atoms with van der Waals surface area (Å²) in [5, 5.41) is 6.37. The normalized spacial score (nSPS) is 23.9. The molecule has 14 nitrogen and oxygen atoms in total. The first-order chi connectivity index (χ1) is 23.8. The molecule has 0 spiro atoms. The Morgan fingerprint density at radius 1 is 1.14 bits per heavy atom. The predicted molar refractivity (Wildman–Crippen MR) is 189 cm³/mol. The summed E-state index contributed by atoms with van der Waals surface area (Å²) in [6.45, 7) is 14.5. The van der Waals surface area contributed by atoms with Crippen LogP contribution < -0.4 is 24.8 Å². The number of benzene rings is 1. The molecule has 0 unspecified atom stereocenters. The van der Waals surface area contributed by atoms with E-state index >= 15 is 0 Å². The van der Waals surface area contributed by atoms with Crippen molar-refractivity contribution in [1.82, 2.24) is 25.2 Å². The number of hydrogen-bond donors (Lipinski definition) is 3. The number of nitrogens with zero attached hydrogens (tertiary/aromatic N) is 2. The zero-order valence-corrected chi connectivity index (χ0v) is 31.1. The van der Waals surface area contributed by atoms with Gasteiger partial charge in [-0.25, -0.2) is 18.2 Å². The average Bonchev–Trinajstić information content (AvgIpc) is 3.99. The molecule has 3 fully saturated rings. The molecule has 5 rings (SSSR count). The Morgan fingerprint density at radius 2 is 1.84 bits per heavy atom. The van der Waals surface area contributed by atoms with Crippen molar-refractivity contribution in [3.63, 3.8) is 0 Å². The Morgan fingerprint density at radius 3 is 2.43 bits per heavy atom. The largest absolute Gasteiger partial charge is 0.497 e. The third-order valence-corrected chi connectivity index (χ3v) is 11.7. The fourth-order valence-corrected chi connectivity index (χ4v) is 7.55. The summed E-state index contributed by atoms with van der Waals surface area (Å²) >= 11 is 0. The van der Waals surface area contributed by atoms with E-state index in [1.165, 1.54) is 11.0 Å². The number of aromatic nitrogens is 1. The highest BCUT2D eigenvalue weighted by molar-refractivity contribution is 7.91. The molecule has 2 saturated carbocycles. The lowest BCUT2D eigenvalue weighted by Crippen LogP contribution is -2.60. The lowest BCUT2D eigenvalue weighted by atomic mass is 9.85. The molecule has 4 amide bonds. The zero-order valence-electron chi connectivity index (χ0n) is 30.3. The molecular weight excluding hydrogens is 678 g/mol. The van der Waals surface area contributed by atoms with Crippen LogP contribution in [-0.4, -0.2) is 90.3 Å². The van der Waals surface area contributed by atoms with Crippen molar-refractivity contribution in [2.75, 3.05) is 13.7 Å². The average molecular weight is 728 g/mol. The molecule has 0 radical (unpaired) electrons. The zero-order chi connectivity index (χ0) is 37.5. The Kier molecular flexibility index (Phi) is 10.4. The van der Waals surface area contributed by atoms with Gasteiger partial charge in [0.2, 0.25) is 27.7 Å². The molecule has 1 saturated heterocycles. The topological polar surface area (TPSA) is 182 Å². The minimum atomic E-state index is -3.90. The molecule has 1 aliphatic heterocycles. The number of rotatable bonds is 13. The quantitative estimate of drug-likeness (QED) is 0.258. The van der Waals surface area contributed by atoms with Crippen LogP contribution in [0.3, 0.4) is 0 Å². The number of amides is 4. The fraction of sp³-hybridized carbons (Fsp3) is 0.583. The molecule has 2 aromatic rings. The van der Waals surface area contributed by atoms with Crippen LogP contribution in [0.1, 0.15) is 73.6 Å². The molecule has 3 N–H and O–H groups in total. The number of sulfonamides is 1. The molecule has 51 heavy (non-hydrogen) atoms. The third kappa shape index (κ3) is 8.23. The Bertz CT molecular complexity index is 1820. The van der Waals surface area contributed by atoms with Crippen molar-refractivity contribution >= 4 is 44.6 Å². The second-order valence-electron chi connectivity index (χ2n) is 15.3. The summed E-state index contributed by atoms with van der Waals surface area (Å²) in [4.78, 5) is 61.0. The van der Waals surface area contributed by atoms with Crippen LogP contribution in [0.5, 0.6) is 11.6 Å². The van der Waals surface area contributed by atoms with Crippen LogP contribution in [0.25, 0.3) is 10.8 Å². The SMILES string of the molecule is C=C[C@@H]1C[C@]1(NC(=O)[C@@H]1C[C@@H](Oc2nccc3cc(OC)ccc23)CN1C(=O)[C@@H](NC(=O)OC(C)(C)CC)C(C)(C)C)C(=O)NS(=O)(=O)C1CC1. The molecule has 2 heterocycles. The lowest BCUT2D eigenvalue weighted by Gasteiger charge is -2.36. The van der Waals surface area contributed by atoms with Gasteiger partial charge in [-0.3, -0.25) is 19.1 Å². The second-order valence-corrected chi connectivity index (χ2v) is 17.3. The molecule has 3 aliphatic rings. The summed E-state index contributed by atoms with van der Waals surface area (Å²) in [6.07, 6.45) is 3.21. The molecule has 278 valence electrons. The fourth-order valence-electron chi connectivity index (χ4n) is 6.19. The monoisotopic (exact) mass is 727 g/mol. The molecule has 15 heteroatoms. The number of carbonyl (C=O) groups excluding carboxylic acids is 4. The first kappa shape index (κ1) is 37.8. The van der Waals surface area contributed by atoms with E-state index in [0.29, 0.717) is 36.3 Å². The van der Waals surface area contributed by atoms with Crippen LogP contribution in [0.2, 0.25) is 0 Å². The summed E-state index contributed by atoms with van der Waals surface area (Å²) < 4.78 is 44.8. The van der Waals surface area contributed by atoms with Gasteiger partial charge in [0.05, 0.1) is 18.9 Å². The van der Waals surface area contributed by atoms with Gasteiger partial charge in [0, 0.05) is 23.9 Å². The number of ether oxygens (including phenoxy) is 3. The first-order valence-electron chi connectivity index (χ1n) is 17.2. The lowest BCUT2D eigenvalue weighted by molar-refractivity contribution is -0.143. The number of hydrogen-bond acceptors (Lipinski definition) is 10. The van der Waals surface area contributed by atoms with Crippen molar-refractivity contribution in [2.45, 2.75) is 108 Å². The van der Waals surface area contributed by atoms with Crippen LogP contribution >= 0.6 is 0 Å². The number of pyridine rings is 1. The number of likely N-dealkylation sites (tertiary alicyclic amines) is 1. The number of alkyl carbamates (subject to hydrolysis) is 1. The summed E-state index contributed by atoms with van der Waals surface area (Å²) in [7, 11) is -2.33. The maximum atomic E-state index is 14.5. The summed E-state index contributed by atoms with van der Waals surface area (Å²) in [6, 6.07) is 4.96. The van der Waals surface area contributed by atoms with Gasteiger partial charge in [-0.1, -0.05) is 33.8 Å². The van der Waals surface area contributed by atoms with Crippen LogP contribution in [-0.2, 0) is 29.1 Å². The minimum Gasteiger partial charge on any atom is -0.497 e. The van der Waals surface area contributed by atoms with Crippen LogP contribution in [0, 0.1) is 11.3 Å². The third-order valence-electron chi connectivity index (χ3n) is 9.91. The van der Waals surface area contributed by atoms with Gasteiger partial charge in [0.25, 0.3) is 5.91 Å². The number of fused-ring (bicyclic) bond motifs is 1. The highest BCUT2D eigenvalue weighted by atomic mass is 32.2. The predicted octanol–water partition coefficient (Wildman–Crippen LogP) is 3.59. The van der Waals surface area contributed by atoms with E-state index in [0.717, 1.165) is 5.39 Å². The van der Waals surface area contributed by atoms with E-state index in [1.807, 2.05) is 25.1 Å². The number of methoxy groups -OCH3 is 1. The van der Waals surface area contributed by atoms with Gasteiger partial charge in [0.1, 0.15) is 35.1 Å².